The van der Waals surface area contributed by atoms with Crippen molar-refractivity contribution in [2.24, 2.45) is 0 Å². The molecule has 0 fully saturated rings. The number of nitrogens with one attached hydrogen (secondary N) is 1. The fraction of sp³-hybridized carbons (Fsp3) is 0.263. The Balaban J connectivity index is 1.65. The van der Waals surface area contributed by atoms with Gasteiger partial charge in [-0.2, -0.15) is 0 Å². The van der Waals surface area contributed by atoms with E-state index in [9.17, 15) is 9.59 Å². The van der Waals surface area contributed by atoms with E-state index in [-0.39, 0.29) is 18.4 Å². The number of hydrogen-bond donors (Lipinski definition) is 1. The fourth-order valence-electron chi connectivity index (χ4n) is 2.16. The van der Waals surface area contributed by atoms with Crippen LogP contribution < -0.4 is 10.1 Å². The summed E-state index contributed by atoms with van der Waals surface area (Å²) < 4.78 is 5.58. The zero-order chi connectivity index (χ0) is 18.1. The summed E-state index contributed by atoms with van der Waals surface area (Å²) in [5, 5.41) is 3.25. The SMILES string of the molecule is CN(CCCOc1cccc(Cl)c1)C(=O)CNC(=O)c1ccccc1. The maximum atomic E-state index is 12.0. The maximum Gasteiger partial charge on any atom is 0.251 e. The van der Waals surface area contributed by atoms with Crippen molar-refractivity contribution in [3.8, 4) is 5.75 Å². The molecule has 0 saturated carbocycles. The Morgan fingerprint density at radius 2 is 1.88 bits per heavy atom. The normalized spacial score (nSPS) is 10.2. The average molecular weight is 361 g/mol. The van der Waals surface area contributed by atoms with Crippen LogP contribution in [-0.4, -0.2) is 43.5 Å². The predicted octanol–water partition coefficient (Wildman–Crippen LogP) is 3.00. The van der Waals surface area contributed by atoms with Gasteiger partial charge in [0.1, 0.15) is 5.75 Å². The molecule has 0 saturated heterocycles. The third kappa shape index (κ3) is 6.47. The van der Waals surface area contributed by atoms with Gasteiger partial charge in [0, 0.05) is 24.2 Å². The van der Waals surface area contributed by atoms with Crippen molar-refractivity contribution in [3.05, 3.63) is 65.2 Å². The molecule has 2 aromatic rings. The van der Waals surface area contributed by atoms with Crippen molar-refractivity contribution in [1.82, 2.24) is 10.2 Å². The number of amides is 2. The number of carbonyl (C=O) groups excluding carboxylic acids is 2. The monoisotopic (exact) mass is 360 g/mol. The molecule has 0 radical (unpaired) electrons. The molecule has 0 bridgehead atoms. The number of rotatable bonds is 8. The van der Waals surface area contributed by atoms with E-state index >= 15 is 0 Å². The molecule has 0 aliphatic rings. The van der Waals surface area contributed by atoms with E-state index in [0.29, 0.717) is 35.9 Å². The quantitative estimate of drug-likeness (QED) is 0.736. The van der Waals surface area contributed by atoms with E-state index in [1.165, 1.54) is 0 Å². The van der Waals surface area contributed by atoms with E-state index in [2.05, 4.69) is 5.32 Å². The fourth-order valence-corrected chi connectivity index (χ4v) is 2.34. The molecule has 0 aliphatic heterocycles. The van der Waals surface area contributed by atoms with E-state index in [4.69, 9.17) is 16.3 Å². The Morgan fingerprint density at radius 1 is 1.12 bits per heavy atom. The van der Waals surface area contributed by atoms with Gasteiger partial charge in [-0.3, -0.25) is 9.59 Å². The number of ether oxygens (including phenoxy) is 1. The van der Waals surface area contributed by atoms with E-state index in [0.717, 1.165) is 0 Å². The average Bonchev–Trinajstić information content (AvgIpc) is 2.63. The number of hydrogen-bond acceptors (Lipinski definition) is 3. The van der Waals surface area contributed by atoms with Crippen LogP contribution in [0.5, 0.6) is 5.75 Å². The number of carbonyl (C=O) groups is 2. The van der Waals surface area contributed by atoms with Crippen molar-refractivity contribution in [3.63, 3.8) is 0 Å². The highest BCUT2D eigenvalue weighted by atomic mass is 35.5. The lowest BCUT2D eigenvalue weighted by Crippen LogP contribution is -2.38. The van der Waals surface area contributed by atoms with Gasteiger partial charge in [0.25, 0.3) is 5.91 Å². The summed E-state index contributed by atoms with van der Waals surface area (Å²) in [4.78, 5) is 25.5. The van der Waals surface area contributed by atoms with Crippen molar-refractivity contribution >= 4 is 23.4 Å². The standard InChI is InChI=1S/C19H21ClN2O3/c1-22(11-6-12-25-17-10-5-9-16(20)13-17)18(23)14-21-19(24)15-7-3-2-4-8-15/h2-5,7-10,13H,6,11-12,14H2,1H3,(H,21,24). The molecule has 0 heterocycles. The van der Waals surface area contributed by atoms with Gasteiger partial charge in [-0.25, -0.2) is 0 Å². The summed E-state index contributed by atoms with van der Waals surface area (Å²) in [6, 6.07) is 16.0. The highest BCUT2D eigenvalue weighted by molar-refractivity contribution is 6.30. The Bertz CT molecular complexity index is 707. The van der Waals surface area contributed by atoms with Crippen LogP contribution in [0, 0.1) is 0 Å². The van der Waals surface area contributed by atoms with Crippen LogP contribution in [0.4, 0.5) is 0 Å². The molecule has 5 nitrogen and oxygen atoms in total. The van der Waals surface area contributed by atoms with Crippen LogP contribution in [0.15, 0.2) is 54.6 Å². The lowest BCUT2D eigenvalue weighted by atomic mass is 10.2. The lowest BCUT2D eigenvalue weighted by molar-refractivity contribution is -0.128. The van der Waals surface area contributed by atoms with Crippen LogP contribution >= 0.6 is 11.6 Å². The van der Waals surface area contributed by atoms with Gasteiger partial charge < -0.3 is 15.0 Å². The van der Waals surface area contributed by atoms with Gasteiger partial charge >= 0.3 is 0 Å². The van der Waals surface area contributed by atoms with Gasteiger partial charge in [-0.05, 0) is 36.8 Å². The molecule has 2 amide bonds. The maximum absolute atomic E-state index is 12.0. The first kappa shape index (κ1) is 18.8. The number of benzene rings is 2. The second-order valence-electron chi connectivity index (χ2n) is 5.52. The molecular formula is C19H21ClN2O3. The minimum Gasteiger partial charge on any atom is -0.493 e. The van der Waals surface area contributed by atoms with Gasteiger partial charge in [0.05, 0.1) is 13.2 Å². The van der Waals surface area contributed by atoms with Gasteiger partial charge in [0.15, 0.2) is 0 Å². The summed E-state index contributed by atoms with van der Waals surface area (Å²) in [5.41, 5.74) is 0.535. The summed E-state index contributed by atoms with van der Waals surface area (Å²) in [6.45, 7) is 0.994. The molecule has 2 rings (SSSR count). The number of halogens is 1. The highest BCUT2D eigenvalue weighted by Gasteiger charge is 2.11. The zero-order valence-corrected chi connectivity index (χ0v) is 14.8. The lowest BCUT2D eigenvalue weighted by Gasteiger charge is -2.17. The number of nitrogens with zero attached hydrogens (tertiary/aromatic N) is 1. The van der Waals surface area contributed by atoms with E-state index in [1.807, 2.05) is 18.2 Å². The predicted molar refractivity (Wildman–Crippen MR) is 98.0 cm³/mol. The summed E-state index contributed by atoms with van der Waals surface area (Å²) in [6.07, 6.45) is 0.682. The van der Waals surface area contributed by atoms with E-state index < -0.39 is 0 Å². The van der Waals surface area contributed by atoms with Gasteiger partial charge in [-0.15, -0.1) is 0 Å². The first-order valence-electron chi connectivity index (χ1n) is 8.02. The highest BCUT2D eigenvalue weighted by Crippen LogP contribution is 2.17. The molecule has 0 atom stereocenters. The molecule has 0 spiro atoms. The zero-order valence-electron chi connectivity index (χ0n) is 14.1. The number of likely N-dealkylation sites (N-methyl/N-ethyl adjacent to an activating group) is 1. The minimum absolute atomic E-state index is 0.0284. The Kier molecular flexibility index (Phi) is 7.29. The first-order chi connectivity index (χ1) is 12.1. The van der Waals surface area contributed by atoms with E-state index in [1.54, 1.807) is 48.3 Å². The second kappa shape index (κ2) is 9.69. The molecule has 1 N–H and O–H groups in total. The summed E-state index contributed by atoms with van der Waals surface area (Å²) in [5.74, 6) is 0.301. The smallest absolute Gasteiger partial charge is 0.251 e. The van der Waals surface area contributed by atoms with Gasteiger partial charge in [-0.1, -0.05) is 35.9 Å². The van der Waals surface area contributed by atoms with Crippen LogP contribution in [-0.2, 0) is 4.79 Å². The largest absolute Gasteiger partial charge is 0.493 e. The molecule has 0 aromatic heterocycles. The van der Waals surface area contributed by atoms with Crippen LogP contribution in [0.2, 0.25) is 5.02 Å². The molecule has 132 valence electrons. The summed E-state index contributed by atoms with van der Waals surface area (Å²) >= 11 is 5.89. The van der Waals surface area contributed by atoms with Crippen molar-refractivity contribution < 1.29 is 14.3 Å². The third-order valence-electron chi connectivity index (χ3n) is 3.56. The molecule has 0 aliphatic carbocycles. The molecule has 0 unspecified atom stereocenters. The second-order valence-corrected chi connectivity index (χ2v) is 5.96. The van der Waals surface area contributed by atoms with Crippen LogP contribution in [0.1, 0.15) is 16.8 Å². The molecule has 6 heteroatoms. The Labute approximate surface area is 152 Å². The van der Waals surface area contributed by atoms with Crippen molar-refractivity contribution in [1.29, 1.82) is 0 Å². The van der Waals surface area contributed by atoms with Crippen LogP contribution in [0.3, 0.4) is 0 Å². The molecule has 25 heavy (non-hydrogen) atoms. The summed E-state index contributed by atoms with van der Waals surface area (Å²) in [7, 11) is 1.70. The molecule has 2 aromatic carbocycles. The Hall–Kier alpha value is -2.53. The van der Waals surface area contributed by atoms with Crippen LogP contribution in [0.25, 0.3) is 0 Å². The van der Waals surface area contributed by atoms with Crippen molar-refractivity contribution in [2.75, 3.05) is 26.7 Å². The van der Waals surface area contributed by atoms with Gasteiger partial charge in [0.2, 0.25) is 5.91 Å². The Morgan fingerprint density at radius 3 is 2.60 bits per heavy atom. The topological polar surface area (TPSA) is 58.6 Å². The first-order valence-corrected chi connectivity index (χ1v) is 8.39. The minimum atomic E-state index is -0.258. The third-order valence-corrected chi connectivity index (χ3v) is 3.80. The molecular weight excluding hydrogens is 340 g/mol. The van der Waals surface area contributed by atoms with Crippen molar-refractivity contribution in [2.45, 2.75) is 6.42 Å².